The summed E-state index contributed by atoms with van der Waals surface area (Å²) in [6, 6.07) is 16.2. The summed E-state index contributed by atoms with van der Waals surface area (Å²) in [5.74, 6) is 0.617. The van der Waals surface area contributed by atoms with E-state index in [0.29, 0.717) is 55.6 Å². The van der Waals surface area contributed by atoms with E-state index in [2.05, 4.69) is 25.2 Å². The predicted octanol–water partition coefficient (Wildman–Crippen LogP) is 7.50. The molecule has 1 heterocycles. The van der Waals surface area contributed by atoms with Gasteiger partial charge in [0.15, 0.2) is 5.76 Å². The minimum atomic E-state index is -1.21. The Morgan fingerprint density at radius 1 is 1.11 bits per heavy atom. The zero-order valence-electron chi connectivity index (χ0n) is 27.6. The number of aliphatic hydroxyl groups is 2. The third kappa shape index (κ3) is 7.08. The second kappa shape index (κ2) is 14.3. The molecule has 3 aromatic rings. The lowest BCUT2D eigenvalue weighted by atomic mass is 9.64. The average molecular weight is 629 g/mol. The van der Waals surface area contributed by atoms with Gasteiger partial charge in [-0.1, -0.05) is 37.6 Å². The molecule has 2 bridgehead atoms. The maximum Gasteiger partial charge on any atom is 0.321 e. The van der Waals surface area contributed by atoms with Crippen LogP contribution in [-0.4, -0.2) is 58.8 Å². The fraction of sp³-hybridized carbons (Fsp3) is 0.474. The SMILES string of the molecule is CCCN(C[C@]1(O)CC[C@H]2c3ccc(cc3C(=O)c3ccco3)C[C@@H](O)CCC(C)=CCC[C@@]21C)C(=O)Nc1ccc(OC)cc1. The molecule has 46 heavy (non-hydrogen) atoms. The Balaban J connectivity index is 1.52. The van der Waals surface area contributed by atoms with Crippen LogP contribution in [-0.2, 0) is 6.42 Å². The van der Waals surface area contributed by atoms with Crippen LogP contribution >= 0.6 is 0 Å². The number of fused-ring (bicyclic) bond motifs is 8. The van der Waals surface area contributed by atoms with E-state index in [9.17, 15) is 19.8 Å². The standard InChI is InChI=1S/C38H48N2O6/c1-5-21-40(36(43)39-28-12-15-30(45-4)16-13-28)25-38(44)20-18-33-31-17-11-27(24-32(31)35(42)34-9-7-22-46-34)23-29(41)14-10-26(2)8-6-19-37(33,38)3/h7-9,11-13,15-17,22,24,29,33,41,44H,5-6,10,14,18-21,23,25H2,1-4H3,(H,39,43)/t29-,33-,37-,38+/m0/s1. The van der Waals surface area contributed by atoms with E-state index in [1.807, 2.05) is 25.1 Å². The van der Waals surface area contributed by atoms with E-state index in [-0.39, 0.29) is 30.0 Å². The summed E-state index contributed by atoms with van der Waals surface area (Å²) in [6.07, 6.45) is 8.36. The van der Waals surface area contributed by atoms with Crippen LogP contribution in [0.2, 0.25) is 0 Å². The average Bonchev–Trinajstić information content (AvgIpc) is 3.67. The number of ether oxygens (including phenoxy) is 1. The lowest BCUT2D eigenvalue weighted by Gasteiger charge is -2.46. The van der Waals surface area contributed by atoms with Gasteiger partial charge in [-0.25, -0.2) is 4.79 Å². The highest BCUT2D eigenvalue weighted by atomic mass is 16.5. The molecule has 0 spiro atoms. The molecule has 2 amide bonds. The topological polar surface area (TPSA) is 112 Å². The minimum absolute atomic E-state index is 0.143. The molecule has 1 aromatic heterocycles. The number of hydrogen-bond acceptors (Lipinski definition) is 6. The molecule has 6 rings (SSSR count). The van der Waals surface area contributed by atoms with Gasteiger partial charge in [0.25, 0.3) is 0 Å². The van der Waals surface area contributed by atoms with Crippen molar-refractivity contribution >= 4 is 17.5 Å². The lowest BCUT2D eigenvalue weighted by molar-refractivity contribution is -0.0763. The third-order valence-corrected chi connectivity index (χ3v) is 10.2. The van der Waals surface area contributed by atoms with Crippen LogP contribution in [0.4, 0.5) is 10.5 Å². The molecule has 8 nitrogen and oxygen atoms in total. The van der Waals surface area contributed by atoms with Gasteiger partial charge in [-0.2, -0.15) is 0 Å². The fourth-order valence-corrected chi connectivity index (χ4v) is 7.45. The molecule has 1 saturated carbocycles. The minimum Gasteiger partial charge on any atom is -0.497 e. The van der Waals surface area contributed by atoms with Gasteiger partial charge in [0, 0.05) is 23.2 Å². The molecule has 3 aliphatic rings. The van der Waals surface area contributed by atoms with Gasteiger partial charge in [-0.15, -0.1) is 0 Å². The second-order valence-corrected chi connectivity index (χ2v) is 13.3. The number of allylic oxidation sites excluding steroid dienone is 2. The van der Waals surface area contributed by atoms with Crippen molar-refractivity contribution in [2.24, 2.45) is 5.41 Å². The number of urea groups is 1. The number of rotatable bonds is 8. The summed E-state index contributed by atoms with van der Waals surface area (Å²) >= 11 is 0. The number of carbonyl (C=O) groups excluding carboxylic acids is 2. The quantitative estimate of drug-likeness (QED) is 0.176. The van der Waals surface area contributed by atoms with Crippen LogP contribution in [0.5, 0.6) is 5.75 Å². The molecule has 0 saturated heterocycles. The highest BCUT2D eigenvalue weighted by Crippen LogP contribution is 2.59. The summed E-state index contributed by atoms with van der Waals surface area (Å²) < 4.78 is 10.8. The number of benzene rings is 2. The maximum atomic E-state index is 13.9. The number of carbonyl (C=O) groups is 2. The van der Waals surface area contributed by atoms with Crippen LogP contribution in [0.25, 0.3) is 0 Å². The molecule has 0 aliphatic heterocycles. The van der Waals surface area contributed by atoms with E-state index in [1.165, 1.54) is 11.8 Å². The Bertz CT molecular complexity index is 1530. The van der Waals surface area contributed by atoms with E-state index in [1.54, 1.807) is 48.4 Å². The summed E-state index contributed by atoms with van der Waals surface area (Å²) in [5, 5.41) is 26.5. The first kappa shape index (κ1) is 33.5. The first-order valence-corrected chi connectivity index (χ1v) is 16.5. The first-order valence-electron chi connectivity index (χ1n) is 16.5. The number of hydrogen-bond donors (Lipinski definition) is 3. The number of amides is 2. The maximum absolute atomic E-state index is 13.9. The Kier molecular flexibility index (Phi) is 10.4. The van der Waals surface area contributed by atoms with E-state index < -0.39 is 17.1 Å². The third-order valence-electron chi connectivity index (χ3n) is 10.2. The zero-order valence-corrected chi connectivity index (χ0v) is 27.6. The van der Waals surface area contributed by atoms with Gasteiger partial charge in [-0.3, -0.25) is 4.79 Å². The normalized spacial score (nSPS) is 24.9. The summed E-state index contributed by atoms with van der Waals surface area (Å²) in [7, 11) is 1.60. The molecule has 8 heteroatoms. The van der Waals surface area contributed by atoms with Crippen molar-refractivity contribution in [1.29, 1.82) is 0 Å². The molecular formula is C38H48N2O6. The van der Waals surface area contributed by atoms with Crippen molar-refractivity contribution in [3.05, 3.63) is 95.0 Å². The molecule has 0 radical (unpaired) electrons. The molecule has 0 unspecified atom stereocenters. The molecule has 246 valence electrons. The largest absolute Gasteiger partial charge is 0.497 e. The van der Waals surface area contributed by atoms with Crippen LogP contribution in [0, 0.1) is 5.41 Å². The number of anilines is 1. The summed E-state index contributed by atoms with van der Waals surface area (Å²) in [5.41, 5.74) is 2.32. The number of furan rings is 1. The summed E-state index contributed by atoms with van der Waals surface area (Å²) in [4.78, 5) is 29.3. The van der Waals surface area contributed by atoms with Crippen LogP contribution in [0.3, 0.4) is 0 Å². The van der Waals surface area contributed by atoms with E-state index in [4.69, 9.17) is 9.15 Å². The van der Waals surface area contributed by atoms with Crippen molar-refractivity contribution < 1.29 is 29.0 Å². The van der Waals surface area contributed by atoms with Crippen molar-refractivity contribution in [2.75, 3.05) is 25.5 Å². The molecule has 4 atom stereocenters. The highest BCUT2D eigenvalue weighted by molar-refractivity contribution is 6.08. The van der Waals surface area contributed by atoms with Crippen molar-refractivity contribution in [2.45, 2.75) is 89.8 Å². The molecule has 3 N–H and O–H groups in total. The van der Waals surface area contributed by atoms with Gasteiger partial charge in [-0.05, 0) is 118 Å². The molecule has 2 aromatic carbocycles. The van der Waals surface area contributed by atoms with Crippen LogP contribution in [0.1, 0.15) is 98.9 Å². The Labute approximate surface area is 272 Å². The fourth-order valence-electron chi connectivity index (χ4n) is 7.45. The Morgan fingerprint density at radius 2 is 1.89 bits per heavy atom. The number of methoxy groups -OCH3 is 1. The summed E-state index contributed by atoms with van der Waals surface area (Å²) in [6.45, 7) is 6.91. The zero-order chi connectivity index (χ0) is 32.9. The predicted molar refractivity (Wildman–Crippen MR) is 179 cm³/mol. The molecular weight excluding hydrogens is 580 g/mol. The van der Waals surface area contributed by atoms with E-state index >= 15 is 0 Å². The Hall–Kier alpha value is -3.88. The second-order valence-electron chi connectivity index (χ2n) is 13.3. The van der Waals surface area contributed by atoms with Gasteiger partial charge in [0.2, 0.25) is 5.78 Å². The smallest absolute Gasteiger partial charge is 0.321 e. The van der Waals surface area contributed by atoms with Gasteiger partial charge >= 0.3 is 6.03 Å². The monoisotopic (exact) mass is 628 g/mol. The first-order chi connectivity index (χ1) is 22.1. The van der Waals surface area contributed by atoms with Crippen molar-refractivity contribution in [3.8, 4) is 5.75 Å². The molecule has 1 fully saturated rings. The Morgan fingerprint density at radius 3 is 2.59 bits per heavy atom. The number of aliphatic hydroxyl groups excluding tert-OH is 1. The van der Waals surface area contributed by atoms with Gasteiger partial charge in [0.05, 0.1) is 31.6 Å². The van der Waals surface area contributed by atoms with Gasteiger partial charge < -0.3 is 29.6 Å². The number of nitrogens with one attached hydrogen (secondary N) is 1. The van der Waals surface area contributed by atoms with Crippen molar-refractivity contribution in [1.82, 2.24) is 4.90 Å². The van der Waals surface area contributed by atoms with Gasteiger partial charge in [0.1, 0.15) is 5.75 Å². The highest BCUT2D eigenvalue weighted by Gasteiger charge is 2.57. The lowest BCUT2D eigenvalue weighted by Crippen LogP contribution is -2.54. The van der Waals surface area contributed by atoms with Crippen molar-refractivity contribution in [3.63, 3.8) is 0 Å². The molecule has 3 aliphatic carbocycles. The van der Waals surface area contributed by atoms with Crippen LogP contribution in [0.15, 0.2) is 76.9 Å². The number of ketones is 1. The van der Waals surface area contributed by atoms with Crippen LogP contribution < -0.4 is 10.1 Å². The number of nitrogens with zero attached hydrogens (tertiary/aromatic N) is 1. The van der Waals surface area contributed by atoms with E-state index in [0.717, 1.165) is 30.4 Å².